The minimum absolute atomic E-state index is 0.0384. The fourth-order valence-corrected chi connectivity index (χ4v) is 2.69. The first kappa shape index (κ1) is 20.4. The van der Waals surface area contributed by atoms with Crippen LogP contribution in [0.3, 0.4) is 0 Å². The molecule has 146 valence electrons. The van der Waals surface area contributed by atoms with E-state index in [0.717, 1.165) is 0 Å². The maximum atomic E-state index is 12.4. The van der Waals surface area contributed by atoms with Gasteiger partial charge in [-0.15, -0.1) is 0 Å². The zero-order chi connectivity index (χ0) is 19.8. The molecule has 3 N–H and O–H groups in total. The van der Waals surface area contributed by atoms with Crippen LogP contribution in [-0.2, 0) is 4.74 Å². The molecule has 0 aliphatic carbocycles. The Bertz CT molecular complexity index is 747. The summed E-state index contributed by atoms with van der Waals surface area (Å²) in [5, 5.41) is 21.9. The summed E-state index contributed by atoms with van der Waals surface area (Å²) in [6.07, 6.45) is -0.842. The van der Waals surface area contributed by atoms with E-state index < -0.39 is 12.2 Å². The molecule has 0 saturated heterocycles. The molecular formula is C20H25NO6. The van der Waals surface area contributed by atoms with Gasteiger partial charge >= 0.3 is 6.09 Å². The highest BCUT2D eigenvalue weighted by molar-refractivity contribution is 5.84. The van der Waals surface area contributed by atoms with Gasteiger partial charge in [0.1, 0.15) is 11.9 Å². The van der Waals surface area contributed by atoms with Crippen LogP contribution in [0.5, 0.6) is 17.2 Å². The first-order chi connectivity index (χ1) is 13.0. The topological polar surface area (TPSA) is 97.3 Å². The zero-order valence-corrected chi connectivity index (χ0v) is 15.6. The van der Waals surface area contributed by atoms with Gasteiger partial charge in [-0.3, -0.25) is 5.32 Å². The van der Waals surface area contributed by atoms with Crippen LogP contribution in [0.15, 0.2) is 42.5 Å². The molecule has 27 heavy (non-hydrogen) atoms. The number of aliphatic hydroxyl groups excluding tert-OH is 1. The van der Waals surface area contributed by atoms with E-state index in [1.54, 1.807) is 43.5 Å². The maximum absolute atomic E-state index is 12.4. The molecular weight excluding hydrogens is 350 g/mol. The van der Waals surface area contributed by atoms with Gasteiger partial charge in [0.2, 0.25) is 0 Å². The Morgan fingerprint density at radius 1 is 1.11 bits per heavy atom. The number of methoxy groups -OCH3 is 2. The molecule has 0 heterocycles. The third-order valence-electron chi connectivity index (χ3n) is 4.20. The van der Waals surface area contributed by atoms with Crippen molar-refractivity contribution in [3.05, 3.63) is 48.0 Å². The normalized spacial score (nSPS) is 12.7. The van der Waals surface area contributed by atoms with Crippen molar-refractivity contribution in [1.29, 1.82) is 0 Å². The molecule has 0 spiro atoms. The van der Waals surface area contributed by atoms with Gasteiger partial charge in [0, 0.05) is 12.3 Å². The average molecular weight is 375 g/mol. The first-order valence-corrected chi connectivity index (χ1v) is 8.58. The fourth-order valence-electron chi connectivity index (χ4n) is 2.69. The lowest BCUT2D eigenvalue weighted by Gasteiger charge is -2.24. The van der Waals surface area contributed by atoms with Crippen LogP contribution in [0.25, 0.3) is 0 Å². The summed E-state index contributed by atoms with van der Waals surface area (Å²) >= 11 is 0. The molecule has 0 aromatic heterocycles. The number of ether oxygens (including phenoxy) is 3. The quantitative estimate of drug-likeness (QED) is 0.651. The van der Waals surface area contributed by atoms with Crippen LogP contribution in [0.2, 0.25) is 0 Å². The Kier molecular flexibility index (Phi) is 7.31. The number of hydrogen-bond acceptors (Lipinski definition) is 6. The van der Waals surface area contributed by atoms with E-state index >= 15 is 0 Å². The summed E-state index contributed by atoms with van der Waals surface area (Å²) in [5.41, 5.74) is 1.17. The Balaban J connectivity index is 2.15. The van der Waals surface area contributed by atoms with Crippen molar-refractivity contribution in [2.75, 3.05) is 26.1 Å². The molecule has 7 nitrogen and oxygen atoms in total. The van der Waals surface area contributed by atoms with Gasteiger partial charge in [0.15, 0.2) is 11.5 Å². The number of aliphatic hydroxyl groups is 1. The number of anilines is 1. The van der Waals surface area contributed by atoms with Crippen molar-refractivity contribution in [3.8, 4) is 17.2 Å². The second-order valence-electron chi connectivity index (χ2n) is 6.10. The monoisotopic (exact) mass is 375 g/mol. The minimum Gasteiger partial charge on any atom is -0.504 e. The molecule has 7 heteroatoms. The fraction of sp³-hybridized carbons (Fsp3) is 0.350. The maximum Gasteiger partial charge on any atom is 0.412 e. The molecule has 0 saturated carbocycles. The molecule has 0 fully saturated rings. The Morgan fingerprint density at radius 3 is 2.37 bits per heavy atom. The number of benzene rings is 2. The van der Waals surface area contributed by atoms with Crippen LogP contribution in [0.1, 0.15) is 25.0 Å². The number of aromatic hydroxyl groups is 1. The van der Waals surface area contributed by atoms with Crippen molar-refractivity contribution in [2.45, 2.75) is 19.4 Å². The summed E-state index contributed by atoms with van der Waals surface area (Å²) in [4.78, 5) is 12.4. The number of carbonyl (C=O) groups is 1. The number of nitrogens with one attached hydrogen (secondary N) is 1. The van der Waals surface area contributed by atoms with E-state index in [-0.39, 0.29) is 18.3 Å². The number of hydrogen-bond donors (Lipinski definition) is 3. The van der Waals surface area contributed by atoms with Crippen molar-refractivity contribution in [2.24, 2.45) is 5.92 Å². The van der Waals surface area contributed by atoms with Crippen molar-refractivity contribution >= 4 is 11.8 Å². The molecule has 0 aliphatic heterocycles. The van der Waals surface area contributed by atoms with Gasteiger partial charge in [0.05, 0.1) is 14.2 Å². The largest absolute Gasteiger partial charge is 0.504 e. The number of carbonyl (C=O) groups excluding carboxylic acids is 1. The van der Waals surface area contributed by atoms with Gasteiger partial charge in [-0.25, -0.2) is 4.79 Å². The number of rotatable bonds is 8. The smallest absolute Gasteiger partial charge is 0.412 e. The SMILES string of the molecule is COc1ccc(NC(=O)O[C@@H](c2ccc(OC)c(O)c2)[C@H](C)CCO)cc1. The van der Waals surface area contributed by atoms with Crippen LogP contribution in [-0.4, -0.2) is 37.1 Å². The van der Waals surface area contributed by atoms with Crippen LogP contribution >= 0.6 is 0 Å². The highest BCUT2D eigenvalue weighted by Crippen LogP contribution is 2.34. The van der Waals surface area contributed by atoms with Gasteiger partial charge < -0.3 is 24.4 Å². The first-order valence-electron chi connectivity index (χ1n) is 8.58. The van der Waals surface area contributed by atoms with Crippen molar-refractivity contribution < 1.29 is 29.2 Å². The molecule has 0 unspecified atom stereocenters. The zero-order valence-electron chi connectivity index (χ0n) is 15.6. The molecule has 1 amide bonds. The van der Waals surface area contributed by atoms with Crippen molar-refractivity contribution in [3.63, 3.8) is 0 Å². The highest BCUT2D eigenvalue weighted by atomic mass is 16.6. The molecule has 0 bridgehead atoms. The summed E-state index contributed by atoms with van der Waals surface area (Å²) in [7, 11) is 3.02. The standard InChI is InChI=1S/C20H25NO6/c1-13(10-11-22)19(14-4-9-18(26-3)17(23)12-14)27-20(24)21-15-5-7-16(25-2)8-6-15/h4-9,12-13,19,22-23H,10-11H2,1-3H3,(H,21,24)/t13-,19-/m1/s1. The van der Waals surface area contributed by atoms with E-state index in [0.29, 0.717) is 29.2 Å². The summed E-state index contributed by atoms with van der Waals surface area (Å²) in [5.74, 6) is 0.798. The number of phenolic OH excluding ortho intramolecular Hbond substituents is 1. The van der Waals surface area contributed by atoms with Crippen LogP contribution in [0, 0.1) is 5.92 Å². The third kappa shape index (κ3) is 5.52. The molecule has 2 aromatic rings. The second kappa shape index (κ2) is 9.68. The van der Waals surface area contributed by atoms with Crippen molar-refractivity contribution in [1.82, 2.24) is 0 Å². The minimum atomic E-state index is -0.646. The lowest BCUT2D eigenvalue weighted by Crippen LogP contribution is -2.22. The van der Waals surface area contributed by atoms with Gasteiger partial charge in [-0.05, 0) is 54.3 Å². The molecule has 2 atom stereocenters. The summed E-state index contributed by atoms with van der Waals surface area (Å²) < 4.78 is 15.7. The lowest BCUT2D eigenvalue weighted by molar-refractivity contribution is 0.0666. The molecule has 0 aliphatic rings. The lowest BCUT2D eigenvalue weighted by atomic mass is 9.94. The van der Waals surface area contributed by atoms with E-state index in [1.165, 1.54) is 13.2 Å². The number of amides is 1. The average Bonchev–Trinajstić information content (AvgIpc) is 2.66. The molecule has 0 radical (unpaired) electrons. The van der Waals surface area contributed by atoms with Gasteiger partial charge in [-0.1, -0.05) is 13.0 Å². The predicted molar refractivity (Wildman–Crippen MR) is 101 cm³/mol. The molecule has 2 aromatic carbocycles. The Morgan fingerprint density at radius 2 is 1.81 bits per heavy atom. The molecule has 2 rings (SSSR count). The Hall–Kier alpha value is -2.93. The van der Waals surface area contributed by atoms with Crippen LogP contribution in [0.4, 0.5) is 10.5 Å². The van der Waals surface area contributed by atoms with Gasteiger partial charge in [-0.2, -0.15) is 0 Å². The third-order valence-corrected chi connectivity index (χ3v) is 4.20. The Labute approximate surface area is 158 Å². The summed E-state index contributed by atoms with van der Waals surface area (Å²) in [6.45, 7) is 1.83. The van der Waals surface area contributed by atoms with E-state index in [4.69, 9.17) is 14.2 Å². The second-order valence-corrected chi connectivity index (χ2v) is 6.10. The van der Waals surface area contributed by atoms with E-state index in [9.17, 15) is 15.0 Å². The van der Waals surface area contributed by atoms with Gasteiger partial charge in [0.25, 0.3) is 0 Å². The number of phenols is 1. The predicted octanol–water partition coefficient (Wildman–Crippen LogP) is 3.72. The highest BCUT2D eigenvalue weighted by Gasteiger charge is 2.24. The van der Waals surface area contributed by atoms with E-state index in [1.807, 2.05) is 6.92 Å². The van der Waals surface area contributed by atoms with E-state index in [2.05, 4.69) is 5.32 Å². The van der Waals surface area contributed by atoms with Crippen LogP contribution < -0.4 is 14.8 Å². The summed E-state index contributed by atoms with van der Waals surface area (Å²) in [6, 6.07) is 11.7.